The number of likely N-dealkylation sites (N-methyl/N-ethyl adjacent to an activating group) is 1. The van der Waals surface area contributed by atoms with E-state index in [4.69, 9.17) is 15.2 Å². The van der Waals surface area contributed by atoms with Gasteiger partial charge in [0.15, 0.2) is 17.5 Å². The molecule has 0 heterocycles. The van der Waals surface area contributed by atoms with Crippen LogP contribution in [-0.4, -0.2) is 52.3 Å². The summed E-state index contributed by atoms with van der Waals surface area (Å²) < 4.78 is 10.7. The van der Waals surface area contributed by atoms with Crippen LogP contribution in [0.15, 0.2) is 35.3 Å². The number of hydrogen-bond donors (Lipinski definition) is 2. The maximum absolute atomic E-state index is 5.88. The minimum absolute atomic E-state index is 0. The maximum atomic E-state index is 5.88. The molecule has 0 amide bonds. The highest BCUT2D eigenvalue weighted by Crippen LogP contribution is 2.31. The van der Waals surface area contributed by atoms with E-state index in [-0.39, 0.29) is 30.0 Å². The van der Waals surface area contributed by atoms with Crippen molar-refractivity contribution >= 4 is 29.9 Å². The predicted octanol–water partition coefficient (Wildman–Crippen LogP) is 2.40. The molecule has 0 bridgehead atoms. The van der Waals surface area contributed by atoms with E-state index in [1.807, 2.05) is 39.2 Å². The number of rotatable bonds is 8. The number of aliphatic imine (C=N–C) groups is 1. The molecule has 0 aliphatic rings. The average Bonchev–Trinajstić information content (AvgIpc) is 2.52. The van der Waals surface area contributed by atoms with E-state index in [9.17, 15) is 0 Å². The molecule has 1 aromatic carbocycles. The lowest BCUT2D eigenvalue weighted by Crippen LogP contribution is -2.34. The molecule has 24 heavy (non-hydrogen) atoms. The highest BCUT2D eigenvalue weighted by atomic mass is 127. The first kappa shape index (κ1) is 22.5. The fourth-order valence-electron chi connectivity index (χ4n) is 2.11. The topological polar surface area (TPSA) is 72.1 Å². The summed E-state index contributed by atoms with van der Waals surface area (Å²) in [4.78, 5) is 6.51. The number of nitrogens with zero attached hydrogens (tertiary/aromatic N) is 2. The van der Waals surface area contributed by atoms with E-state index >= 15 is 0 Å². The quantitative estimate of drug-likeness (QED) is 0.277. The van der Waals surface area contributed by atoms with Crippen LogP contribution in [-0.2, 0) is 0 Å². The number of halogens is 1. The second-order valence-corrected chi connectivity index (χ2v) is 5.63. The van der Waals surface area contributed by atoms with Crippen molar-refractivity contribution in [2.24, 2.45) is 10.7 Å². The standard InChI is InChI=1S/C17H28N4O2.HI/c1-12(2)10-19-17(18)20-11-14(21(3)4)13-7-8-15(22-5)16(9-13)23-6;/h7-9,14H,1,10-11H2,2-6H3,(H3,18,19,20);1H. The molecule has 0 saturated carbocycles. The van der Waals surface area contributed by atoms with Crippen molar-refractivity contribution in [3.63, 3.8) is 0 Å². The van der Waals surface area contributed by atoms with Gasteiger partial charge in [0, 0.05) is 6.54 Å². The molecule has 0 saturated heterocycles. The van der Waals surface area contributed by atoms with Crippen LogP contribution in [0.25, 0.3) is 0 Å². The number of guanidine groups is 1. The molecule has 3 N–H and O–H groups in total. The van der Waals surface area contributed by atoms with Crippen LogP contribution in [0, 0.1) is 0 Å². The van der Waals surface area contributed by atoms with Gasteiger partial charge in [-0.1, -0.05) is 18.2 Å². The summed E-state index contributed by atoms with van der Waals surface area (Å²) in [6.07, 6.45) is 0. The van der Waals surface area contributed by atoms with Gasteiger partial charge in [-0.05, 0) is 38.7 Å². The fourth-order valence-corrected chi connectivity index (χ4v) is 2.11. The van der Waals surface area contributed by atoms with E-state index in [1.165, 1.54) is 0 Å². The smallest absolute Gasteiger partial charge is 0.188 e. The van der Waals surface area contributed by atoms with Gasteiger partial charge in [-0.2, -0.15) is 0 Å². The third kappa shape index (κ3) is 6.96. The van der Waals surface area contributed by atoms with Crippen molar-refractivity contribution in [3.05, 3.63) is 35.9 Å². The normalized spacial score (nSPS) is 12.3. The fraction of sp³-hybridized carbons (Fsp3) is 0.471. The van der Waals surface area contributed by atoms with Gasteiger partial charge in [0.05, 0.1) is 26.8 Å². The summed E-state index contributed by atoms with van der Waals surface area (Å²) in [6.45, 7) is 6.93. The lowest BCUT2D eigenvalue weighted by atomic mass is 10.1. The van der Waals surface area contributed by atoms with Crippen LogP contribution in [0.1, 0.15) is 18.5 Å². The molecule has 0 fully saturated rings. The van der Waals surface area contributed by atoms with Gasteiger partial charge in [0.25, 0.3) is 0 Å². The number of benzene rings is 1. The van der Waals surface area contributed by atoms with Gasteiger partial charge >= 0.3 is 0 Å². The Morgan fingerprint density at radius 1 is 1.29 bits per heavy atom. The Balaban J connectivity index is 0.00000529. The van der Waals surface area contributed by atoms with Gasteiger partial charge in [0.1, 0.15) is 0 Å². The van der Waals surface area contributed by atoms with E-state index in [0.717, 1.165) is 11.1 Å². The van der Waals surface area contributed by atoms with Crippen molar-refractivity contribution in [2.75, 3.05) is 41.4 Å². The molecule has 1 rings (SSSR count). The van der Waals surface area contributed by atoms with Gasteiger partial charge in [-0.15, -0.1) is 24.0 Å². The first-order valence-electron chi connectivity index (χ1n) is 7.45. The molecule has 7 heteroatoms. The van der Waals surface area contributed by atoms with E-state index in [2.05, 4.69) is 21.8 Å². The van der Waals surface area contributed by atoms with Crippen molar-refractivity contribution < 1.29 is 9.47 Å². The summed E-state index contributed by atoms with van der Waals surface area (Å²) in [5, 5.41) is 3.03. The molecule has 1 aromatic rings. The Morgan fingerprint density at radius 3 is 2.42 bits per heavy atom. The minimum atomic E-state index is 0. The molecule has 0 radical (unpaired) electrons. The number of nitrogens with one attached hydrogen (secondary N) is 1. The highest BCUT2D eigenvalue weighted by molar-refractivity contribution is 14.0. The summed E-state index contributed by atoms with van der Waals surface area (Å²) in [7, 11) is 7.27. The Morgan fingerprint density at radius 2 is 1.92 bits per heavy atom. The molecule has 6 nitrogen and oxygen atoms in total. The minimum Gasteiger partial charge on any atom is -0.493 e. The molecule has 1 unspecified atom stereocenters. The molecule has 136 valence electrons. The predicted molar refractivity (Wildman–Crippen MR) is 111 cm³/mol. The number of nitrogens with two attached hydrogens (primary N) is 1. The largest absolute Gasteiger partial charge is 0.493 e. The third-order valence-electron chi connectivity index (χ3n) is 3.42. The molecule has 1 atom stereocenters. The second-order valence-electron chi connectivity index (χ2n) is 5.63. The number of methoxy groups -OCH3 is 2. The highest BCUT2D eigenvalue weighted by Gasteiger charge is 2.16. The lowest BCUT2D eigenvalue weighted by molar-refractivity contribution is 0.303. The molecule has 0 aromatic heterocycles. The molecular formula is C17H29IN4O2. The van der Waals surface area contributed by atoms with Crippen molar-refractivity contribution in [2.45, 2.75) is 13.0 Å². The zero-order valence-corrected chi connectivity index (χ0v) is 17.5. The molecule has 0 spiro atoms. The Kier molecular flexibility index (Phi) is 10.5. The van der Waals surface area contributed by atoms with Gasteiger partial charge in [-0.25, -0.2) is 0 Å². The van der Waals surface area contributed by atoms with Crippen molar-refractivity contribution in [1.82, 2.24) is 10.2 Å². The Hall–Kier alpha value is -1.48. The average molecular weight is 448 g/mol. The number of hydrogen-bond acceptors (Lipinski definition) is 4. The Labute approximate surface area is 162 Å². The summed E-state index contributed by atoms with van der Waals surface area (Å²) in [5.74, 6) is 1.83. The SMILES string of the molecule is C=C(C)CNC(N)=NCC(c1ccc(OC)c(OC)c1)N(C)C.I. The van der Waals surface area contributed by atoms with Crippen LogP contribution < -0.4 is 20.5 Å². The van der Waals surface area contributed by atoms with Crippen LogP contribution in [0.5, 0.6) is 11.5 Å². The van der Waals surface area contributed by atoms with Crippen LogP contribution >= 0.6 is 24.0 Å². The summed E-state index contributed by atoms with van der Waals surface area (Å²) in [6, 6.07) is 5.96. The van der Waals surface area contributed by atoms with Gasteiger partial charge in [-0.3, -0.25) is 4.99 Å². The van der Waals surface area contributed by atoms with E-state index in [0.29, 0.717) is 30.5 Å². The van der Waals surface area contributed by atoms with Gasteiger partial charge < -0.3 is 25.4 Å². The lowest BCUT2D eigenvalue weighted by Gasteiger charge is -2.24. The summed E-state index contributed by atoms with van der Waals surface area (Å²) >= 11 is 0. The van der Waals surface area contributed by atoms with Gasteiger partial charge in [0.2, 0.25) is 0 Å². The summed E-state index contributed by atoms with van der Waals surface area (Å²) in [5.41, 5.74) is 7.98. The van der Waals surface area contributed by atoms with Crippen LogP contribution in [0.3, 0.4) is 0 Å². The second kappa shape index (κ2) is 11.1. The molecular weight excluding hydrogens is 419 g/mol. The first-order chi connectivity index (χ1) is 10.9. The number of ether oxygens (including phenoxy) is 2. The third-order valence-corrected chi connectivity index (χ3v) is 3.42. The van der Waals surface area contributed by atoms with Crippen LogP contribution in [0.2, 0.25) is 0 Å². The maximum Gasteiger partial charge on any atom is 0.188 e. The monoisotopic (exact) mass is 448 g/mol. The van der Waals surface area contributed by atoms with Crippen molar-refractivity contribution in [3.8, 4) is 11.5 Å². The first-order valence-corrected chi connectivity index (χ1v) is 7.45. The van der Waals surface area contributed by atoms with E-state index in [1.54, 1.807) is 14.2 Å². The zero-order valence-electron chi connectivity index (χ0n) is 15.1. The molecule has 0 aliphatic carbocycles. The Bertz CT molecular complexity index is 562. The van der Waals surface area contributed by atoms with Crippen LogP contribution in [0.4, 0.5) is 0 Å². The van der Waals surface area contributed by atoms with Crippen molar-refractivity contribution in [1.29, 1.82) is 0 Å². The molecule has 0 aliphatic heterocycles. The van der Waals surface area contributed by atoms with E-state index < -0.39 is 0 Å². The zero-order chi connectivity index (χ0) is 17.4.